The van der Waals surface area contributed by atoms with Crippen molar-refractivity contribution in [2.24, 2.45) is 0 Å². The molecule has 0 saturated carbocycles. The number of rotatable bonds is 3. The lowest BCUT2D eigenvalue weighted by molar-refractivity contribution is -0.129. The summed E-state index contributed by atoms with van der Waals surface area (Å²) in [7, 11) is 0. The number of anilines is 2. The number of halogens is 1. The van der Waals surface area contributed by atoms with Gasteiger partial charge in [-0.25, -0.2) is 0 Å². The molecule has 0 bridgehead atoms. The number of amides is 2. The summed E-state index contributed by atoms with van der Waals surface area (Å²) in [5, 5.41) is 6.63. The summed E-state index contributed by atoms with van der Waals surface area (Å²) in [6.07, 6.45) is 0. The highest BCUT2D eigenvalue weighted by atomic mass is 35.5. The van der Waals surface area contributed by atoms with Crippen molar-refractivity contribution < 1.29 is 9.59 Å². The molecule has 2 amide bonds. The lowest BCUT2D eigenvalue weighted by Gasteiger charge is -2.37. The van der Waals surface area contributed by atoms with Crippen LogP contribution in [0, 0.1) is 13.8 Å². The standard InChI is InChI=1S/C22H25ClN4O2S/c1-14-11-15(2)13-17(12-14)21(29)25-22(30)24-19-6-4-5-18(23)20(19)27-9-7-26(8-10-27)16(3)28/h4-6,11-13H,7-10H2,1-3H3,(H2,24,25,29,30). The van der Waals surface area contributed by atoms with Gasteiger partial charge in [0, 0.05) is 38.7 Å². The third-order valence-corrected chi connectivity index (χ3v) is 5.50. The van der Waals surface area contributed by atoms with E-state index in [9.17, 15) is 9.59 Å². The Hall–Kier alpha value is -2.64. The van der Waals surface area contributed by atoms with Crippen molar-refractivity contribution in [2.75, 3.05) is 36.4 Å². The summed E-state index contributed by atoms with van der Waals surface area (Å²) in [4.78, 5) is 28.1. The number of hydrogen-bond donors (Lipinski definition) is 2. The van der Waals surface area contributed by atoms with Gasteiger partial charge in [0.05, 0.1) is 16.4 Å². The maximum atomic E-state index is 12.6. The molecule has 1 fully saturated rings. The molecule has 1 heterocycles. The molecule has 158 valence electrons. The molecule has 1 saturated heterocycles. The zero-order valence-corrected chi connectivity index (χ0v) is 18.9. The van der Waals surface area contributed by atoms with Gasteiger partial charge in [0.15, 0.2) is 5.11 Å². The average Bonchev–Trinajstić information content (AvgIpc) is 2.67. The molecule has 3 rings (SSSR count). The van der Waals surface area contributed by atoms with Crippen molar-refractivity contribution in [3.63, 3.8) is 0 Å². The predicted octanol–water partition coefficient (Wildman–Crippen LogP) is 3.75. The van der Waals surface area contributed by atoms with Crippen LogP contribution in [-0.4, -0.2) is 48.0 Å². The predicted molar refractivity (Wildman–Crippen MR) is 126 cm³/mol. The molecule has 30 heavy (non-hydrogen) atoms. The van der Waals surface area contributed by atoms with Gasteiger partial charge >= 0.3 is 0 Å². The smallest absolute Gasteiger partial charge is 0.257 e. The number of carbonyl (C=O) groups is 2. The first-order valence-electron chi connectivity index (χ1n) is 9.74. The molecule has 8 heteroatoms. The first kappa shape index (κ1) is 22.1. The molecule has 0 aliphatic carbocycles. The molecule has 6 nitrogen and oxygen atoms in total. The monoisotopic (exact) mass is 444 g/mol. The molecule has 0 unspecified atom stereocenters. The first-order chi connectivity index (χ1) is 14.2. The van der Waals surface area contributed by atoms with Crippen LogP contribution in [0.15, 0.2) is 36.4 Å². The Balaban J connectivity index is 1.72. The summed E-state index contributed by atoms with van der Waals surface area (Å²) in [6, 6.07) is 11.2. The van der Waals surface area contributed by atoms with Gasteiger partial charge in [-0.05, 0) is 50.3 Å². The molecule has 1 aliphatic heterocycles. The topological polar surface area (TPSA) is 64.7 Å². The average molecular weight is 445 g/mol. The van der Waals surface area contributed by atoms with E-state index in [1.54, 1.807) is 6.92 Å². The zero-order valence-electron chi connectivity index (χ0n) is 17.3. The van der Waals surface area contributed by atoms with E-state index in [4.69, 9.17) is 23.8 Å². The Morgan fingerprint density at radius 2 is 1.67 bits per heavy atom. The van der Waals surface area contributed by atoms with E-state index in [-0.39, 0.29) is 16.9 Å². The van der Waals surface area contributed by atoms with Gasteiger partial charge < -0.3 is 15.1 Å². The SMILES string of the molecule is CC(=O)N1CCN(c2c(Cl)cccc2NC(=S)NC(=O)c2cc(C)cc(C)c2)CC1. The fraction of sp³-hybridized carbons (Fsp3) is 0.318. The molecule has 0 atom stereocenters. The van der Waals surface area contributed by atoms with Gasteiger partial charge in [-0.15, -0.1) is 0 Å². The van der Waals surface area contributed by atoms with Crippen LogP contribution in [0.1, 0.15) is 28.4 Å². The van der Waals surface area contributed by atoms with Crippen LogP contribution in [0.2, 0.25) is 5.02 Å². The van der Waals surface area contributed by atoms with Gasteiger partial charge in [0.25, 0.3) is 5.91 Å². The van der Waals surface area contributed by atoms with Crippen LogP contribution in [0.3, 0.4) is 0 Å². The van der Waals surface area contributed by atoms with E-state index in [0.29, 0.717) is 42.5 Å². The fourth-order valence-electron chi connectivity index (χ4n) is 3.62. The molecule has 0 aromatic heterocycles. The van der Waals surface area contributed by atoms with Crippen molar-refractivity contribution in [3.05, 3.63) is 58.1 Å². The molecule has 2 aromatic carbocycles. The minimum Gasteiger partial charge on any atom is -0.365 e. The number of piperazine rings is 1. The normalized spacial score (nSPS) is 13.7. The Labute approximate surface area is 187 Å². The highest BCUT2D eigenvalue weighted by molar-refractivity contribution is 7.80. The van der Waals surface area contributed by atoms with Crippen LogP contribution >= 0.6 is 23.8 Å². The largest absolute Gasteiger partial charge is 0.365 e. The fourth-order valence-corrected chi connectivity index (χ4v) is 4.11. The summed E-state index contributed by atoms with van der Waals surface area (Å²) >= 11 is 11.9. The number of nitrogens with one attached hydrogen (secondary N) is 2. The molecule has 2 N–H and O–H groups in total. The van der Waals surface area contributed by atoms with Crippen LogP contribution in [-0.2, 0) is 4.79 Å². The first-order valence-corrected chi connectivity index (χ1v) is 10.5. The van der Waals surface area contributed by atoms with E-state index in [0.717, 1.165) is 16.8 Å². The second-order valence-corrected chi connectivity index (χ2v) is 8.23. The molecule has 0 spiro atoms. The maximum absolute atomic E-state index is 12.6. The summed E-state index contributed by atoms with van der Waals surface area (Å²) in [6.45, 7) is 8.07. The van der Waals surface area contributed by atoms with Crippen molar-refractivity contribution >= 4 is 52.1 Å². The van der Waals surface area contributed by atoms with E-state index < -0.39 is 0 Å². The number of hydrogen-bond acceptors (Lipinski definition) is 4. The van der Waals surface area contributed by atoms with E-state index in [2.05, 4.69) is 15.5 Å². The quantitative estimate of drug-likeness (QED) is 0.706. The van der Waals surface area contributed by atoms with Gasteiger partial charge in [-0.1, -0.05) is 34.9 Å². The second kappa shape index (κ2) is 9.45. The number of nitrogens with zero attached hydrogens (tertiary/aromatic N) is 2. The Bertz CT molecular complexity index is 967. The number of carbonyl (C=O) groups excluding carboxylic acids is 2. The third-order valence-electron chi connectivity index (χ3n) is 4.99. The molecular formula is C22H25ClN4O2S. The highest BCUT2D eigenvalue weighted by Gasteiger charge is 2.23. The van der Waals surface area contributed by atoms with Crippen LogP contribution in [0.5, 0.6) is 0 Å². The summed E-state index contributed by atoms with van der Waals surface area (Å²) < 4.78 is 0. The third kappa shape index (κ3) is 5.29. The zero-order chi connectivity index (χ0) is 21.8. The number of benzene rings is 2. The van der Waals surface area contributed by atoms with E-state index in [1.165, 1.54) is 0 Å². The van der Waals surface area contributed by atoms with Crippen molar-refractivity contribution in [1.82, 2.24) is 10.2 Å². The van der Waals surface area contributed by atoms with E-state index >= 15 is 0 Å². The van der Waals surface area contributed by atoms with Gasteiger partial charge in [0.1, 0.15) is 0 Å². The number of thiocarbonyl (C=S) groups is 1. The minimum atomic E-state index is -0.266. The number of para-hydroxylation sites is 1. The number of aryl methyl sites for hydroxylation is 2. The molecule has 1 aliphatic rings. The lowest BCUT2D eigenvalue weighted by atomic mass is 10.1. The Morgan fingerprint density at radius 3 is 2.27 bits per heavy atom. The molecular weight excluding hydrogens is 420 g/mol. The Kier molecular flexibility index (Phi) is 6.95. The second-order valence-electron chi connectivity index (χ2n) is 7.41. The molecule has 0 radical (unpaired) electrons. The van der Waals surface area contributed by atoms with Gasteiger partial charge in [-0.2, -0.15) is 0 Å². The summed E-state index contributed by atoms with van der Waals surface area (Å²) in [5.74, 6) is -0.194. The molecule has 2 aromatic rings. The van der Waals surface area contributed by atoms with E-state index in [1.807, 2.05) is 55.1 Å². The van der Waals surface area contributed by atoms with Crippen LogP contribution < -0.4 is 15.5 Å². The highest BCUT2D eigenvalue weighted by Crippen LogP contribution is 2.34. The summed E-state index contributed by atoms with van der Waals surface area (Å²) in [5.41, 5.74) is 4.11. The minimum absolute atomic E-state index is 0.0717. The van der Waals surface area contributed by atoms with Crippen LogP contribution in [0.25, 0.3) is 0 Å². The van der Waals surface area contributed by atoms with Crippen LogP contribution in [0.4, 0.5) is 11.4 Å². The van der Waals surface area contributed by atoms with Gasteiger partial charge in [0.2, 0.25) is 5.91 Å². The Morgan fingerprint density at radius 1 is 1.03 bits per heavy atom. The van der Waals surface area contributed by atoms with Crippen molar-refractivity contribution in [2.45, 2.75) is 20.8 Å². The lowest BCUT2D eigenvalue weighted by Crippen LogP contribution is -2.48. The maximum Gasteiger partial charge on any atom is 0.257 e. The van der Waals surface area contributed by atoms with Crippen molar-refractivity contribution in [1.29, 1.82) is 0 Å². The van der Waals surface area contributed by atoms with Crippen molar-refractivity contribution in [3.8, 4) is 0 Å². The van der Waals surface area contributed by atoms with Gasteiger partial charge in [-0.3, -0.25) is 14.9 Å².